The predicted molar refractivity (Wildman–Crippen MR) is 105 cm³/mol. The molecule has 1 amide bonds. The van der Waals surface area contributed by atoms with Crippen LogP contribution >= 0.6 is 23.5 Å². The number of thioether (sulfide) groups is 2. The number of hydrogen-bond acceptors (Lipinski definition) is 6. The molecule has 3 rings (SSSR count). The molecule has 1 aromatic carbocycles. The van der Waals surface area contributed by atoms with E-state index in [0.717, 1.165) is 10.6 Å². The van der Waals surface area contributed by atoms with Crippen LogP contribution in [0.4, 0.5) is 5.69 Å². The summed E-state index contributed by atoms with van der Waals surface area (Å²) >= 11 is 2.96. The second-order valence-corrected chi connectivity index (χ2v) is 7.07. The molecule has 0 unspecified atom stereocenters. The number of furan rings is 1. The first-order chi connectivity index (χ1) is 12.7. The molecule has 0 radical (unpaired) electrons. The van der Waals surface area contributed by atoms with Crippen molar-refractivity contribution in [3.05, 3.63) is 55.3 Å². The van der Waals surface area contributed by atoms with E-state index in [2.05, 4.69) is 22.1 Å². The van der Waals surface area contributed by atoms with Crippen LogP contribution < -0.4 is 5.32 Å². The van der Waals surface area contributed by atoms with Gasteiger partial charge >= 0.3 is 0 Å². The van der Waals surface area contributed by atoms with Crippen molar-refractivity contribution in [2.45, 2.75) is 16.6 Å². The van der Waals surface area contributed by atoms with Crippen LogP contribution in [0.25, 0.3) is 11.6 Å². The maximum absolute atomic E-state index is 12.3. The topological polar surface area (TPSA) is 73.0 Å². The van der Waals surface area contributed by atoms with E-state index in [1.54, 1.807) is 30.2 Å². The summed E-state index contributed by atoms with van der Waals surface area (Å²) in [5.41, 5.74) is 0.784. The number of carbonyl (C=O) groups is 1. The van der Waals surface area contributed by atoms with Crippen LogP contribution in [0.3, 0.4) is 0 Å². The number of anilines is 1. The Morgan fingerprint density at radius 1 is 1.35 bits per heavy atom. The molecule has 0 aliphatic rings. The molecule has 0 fully saturated rings. The van der Waals surface area contributed by atoms with E-state index in [1.807, 2.05) is 41.2 Å². The third-order valence-corrected chi connectivity index (χ3v) is 5.15. The van der Waals surface area contributed by atoms with Gasteiger partial charge in [-0.15, -0.1) is 28.5 Å². The lowest BCUT2D eigenvalue weighted by Crippen LogP contribution is -2.14. The third-order valence-electron chi connectivity index (χ3n) is 3.46. The SMILES string of the molecule is C=CCn1c(SCC(=O)Nc2cccc(SC)c2)nnc1-c1ccco1. The number of allylic oxidation sites excluding steroid dienone is 1. The van der Waals surface area contributed by atoms with E-state index in [1.165, 1.54) is 11.8 Å². The minimum Gasteiger partial charge on any atom is -0.461 e. The largest absolute Gasteiger partial charge is 0.461 e. The zero-order valence-electron chi connectivity index (χ0n) is 14.2. The normalized spacial score (nSPS) is 10.7. The van der Waals surface area contributed by atoms with E-state index >= 15 is 0 Å². The van der Waals surface area contributed by atoms with Gasteiger partial charge in [0.25, 0.3) is 0 Å². The summed E-state index contributed by atoms with van der Waals surface area (Å²) in [6.07, 6.45) is 5.35. The number of carbonyl (C=O) groups excluding carboxylic acids is 1. The maximum Gasteiger partial charge on any atom is 0.234 e. The highest BCUT2D eigenvalue weighted by Gasteiger charge is 2.16. The van der Waals surface area contributed by atoms with Gasteiger partial charge in [-0.25, -0.2) is 0 Å². The van der Waals surface area contributed by atoms with Gasteiger partial charge in [-0.3, -0.25) is 9.36 Å². The van der Waals surface area contributed by atoms with Gasteiger partial charge in [0.2, 0.25) is 11.7 Å². The van der Waals surface area contributed by atoms with Crippen LogP contribution in [0.2, 0.25) is 0 Å². The molecule has 0 bridgehead atoms. The Balaban J connectivity index is 1.67. The zero-order chi connectivity index (χ0) is 18.4. The lowest BCUT2D eigenvalue weighted by atomic mass is 10.3. The summed E-state index contributed by atoms with van der Waals surface area (Å²) in [5.74, 6) is 1.38. The highest BCUT2D eigenvalue weighted by molar-refractivity contribution is 7.99. The number of hydrogen-bond donors (Lipinski definition) is 1. The summed E-state index contributed by atoms with van der Waals surface area (Å²) in [7, 11) is 0. The summed E-state index contributed by atoms with van der Waals surface area (Å²) < 4.78 is 7.27. The number of nitrogens with one attached hydrogen (secondary N) is 1. The number of nitrogens with zero attached hydrogens (tertiary/aromatic N) is 3. The van der Waals surface area contributed by atoms with Crippen molar-refractivity contribution in [2.75, 3.05) is 17.3 Å². The molecule has 0 aliphatic carbocycles. The molecular formula is C18H18N4O2S2. The Bertz CT molecular complexity index is 890. The lowest BCUT2D eigenvalue weighted by molar-refractivity contribution is -0.113. The van der Waals surface area contributed by atoms with Crippen molar-refractivity contribution in [3.8, 4) is 11.6 Å². The molecule has 1 N–H and O–H groups in total. The zero-order valence-corrected chi connectivity index (χ0v) is 15.8. The van der Waals surface area contributed by atoms with Gasteiger partial charge in [0.15, 0.2) is 10.9 Å². The summed E-state index contributed by atoms with van der Waals surface area (Å²) in [6, 6.07) is 11.4. The van der Waals surface area contributed by atoms with Crippen LogP contribution in [0.1, 0.15) is 0 Å². The summed E-state index contributed by atoms with van der Waals surface area (Å²) in [6.45, 7) is 4.30. The third kappa shape index (κ3) is 4.39. The summed E-state index contributed by atoms with van der Waals surface area (Å²) in [5, 5.41) is 11.9. The smallest absolute Gasteiger partial charge is 0.234 e. The highest BCUT2D eigenvalue weighted by atomic mass is 32.2. The number of amides is 1. The maximum atomic E-state index is 12.3. The van der Waals surface area contributed by atoms with Crippen LogP contribution in [-0.4, -0.2) is 32.7 Å². The molecule has 0 aliphatic heterocycles. The van der Waals surface area contributed by atoms with E-state index in [0.29, 0.717) is 23.3 Å². The standard InChI is InChI=1S/C18H18N4O2S2/c1-3-9-22-17(15-8-5-10-24-15)20-21-18(22)26-12-16(23)19-13-6-4-7-14(11-13)25-2/h3-8,10-11H,1,9,12H2,2H3,(H,19,23). The molecule has 134 valence electrons. The van der Waals surface area contributed by atoms with Crippen molar-refractivity contribution < 1.29 is 9.21 Å². The molecule has 0 spiro atoms. The van der Waals surface area contributed by atoms with Gasteiger partial charge in [0.1, 0.15) is 0 Å². The van der Waals surface area contributed by atoms with Crippen molar-refractivity contribution in [1.82, 2.24) is 14.8 Å². The van der Waals surface area contributed by atoms with Crippen molar-refractivity contribution in [2.24, 2.45) is 0 Å². The van der Waals surface area contributed by atoms with Gasteiger partial charge in [-0.1, -0.05) is 23.9 Å². The van der Waals surface area contributed by atoms with Crippen LogP contribution in [0.5, 0.6) is 0 Å². The molecule has 2 heterocycles. The summed E-state index contributed by atoms with van der Waals surface area (Å²) in [4.78, 5) is 13.4. The average Bonchev–Trinajstić information content (AvgIpc) is 3.30. The molecular weight excluding hydrogens is 368 g/mol. The Kier molecular flexibility index (Phi) is 6.19. The number of benzene rings is 1. The molecule has 0 atom stereocenters. The highest BCUT2D eigenvalue weighted by Crippen LogP contribution is 2.25. The molecule has 6 nitrogen and oxygen atoms in total. The van der Waals surface area contributed by atoms with Gasteiger partial charge in [0.05, 0.1) is 12.0 Å². The first-order valence-electron chi connectivity index (χ1n) is 7.86. The minimum atomic E-state index is -0.0963. The van der Waals surface area contributed by atoms with Gasteiger partial charge < -0.3 is 9.73 Å². The van der Waals surface area contributed by atoms with Crippen molar-refractivity contribution in [3.63, 3.8) is 0 Å². The predicted octanol–water partition coefficient (Wildman–Crippen LogP) is 4.18. The molecule has 0 saturated heterocycles. The van der Waals surface area contributed by atoms with Crippen LogP contribution in [0, 0.1) is 0 Å². The molecule has 2 aromatic heterocycles. The quantitative estimate of drug-likeness (QED) is 0.463. The number of aromatic nitrogens is 3. The minimum absolute atomic E-state index is 0.0963. The van der Waals surface area contributed by atoms with Crippen molar-refractivity contribution in [1.29, 1.82) is 0 Å². The Morgan fingerprint density at radius 2 is 2.23 bits per heavy atom. The first-order valence-corrected chi connectivity index (χ1v) is 10.1. The van der Waals surface area contributed by atoms with E-state index < -0.39 is 0 Å². The average molecular weight is 387 g/mol. The monoisotopic (exact) mass is 386 g/mol. The van der Waals surface area contributed by atoms with Crippen LogP contribution in [-0.2, 0) is 11.3 Å². The van der Waals surface area contributed by atoms with E-state index in [-0.39, 0.29) is 11.7 Å². The fraction of sp³-hybridized carbons (Fsp3) is 0.167. The first kappa shape index (κ1) is 18.3. The van der Waals surface area contributed by atoms with Crippen molar-refractivity contribution >= 4 is 35.1 Å². The fourth-order valence-corrected chi connectivity index (χ4v) is 3.51. The molecule has 0 saturated carbocycles. The molecule has 3 aromatic rings. The Labute approximate surface area is 160 Å². The number of rotatable bonds is 8. The Hall–Kier alpha value is -2.45. The second kappa shape index (κ2) is 8.77. The van der Waals surface area contributed by atoms with E-state index in [9.17, 15) is 4.79 Å². The van der Waals surface area contributed by atoms with Gasteiger partial charge in [-0.2, -0.15) is 0 Å². The molecule has 8 heteroatoms. The van der Waals surface area contributed by atoms with Crippen LogP contribution in [0.15, 0.2) is 69.8 Å². The van der Waals surface area contributed by atoms with E-state index in [4.69, 9.17) is 4.42 Å². The molecule has 26 heavy (non-hydrogen) atoms. The second-order valence-electron chi connectivity index (χ2n) is 5.25. The Morgan fingerprint density at radius 3 is 2.96 bits per heavy atom. The fourth-order valence-electron chi connectivity index (χ4n) is 2.31. The lowest BCUT2D eigenvalue weighted by Gasteiger charge is -2.08. The van der Waals surface area contributed by atoms with Gasteiger partial charge in [0, 0.05) is 17.1 Å². The van der Waals surface area contributed by atoms with Gasteiger partial charge in [-0.05, 0) is 36.6 Å².